The van der Waals surface area contributed by atoms with Crippen molar-refractivity contribution in [3.63, 3.8) is 0 Å². The second kappa shape index (κ2) is 7.52. The minimum absolute atomic E-state index is 0.0595. The Bertz CT molecular complexity index is 1290. The van der Waals surface area contributed by atoms with Crippen LogP contribution in [0.1, 0.15) is 22.6 Å². The Morgan fingerprint density at radius 2 is 1.78 bits per heavy atom. The van der Waals surface area contributed by atoms with E-state index in [1.54, 1.807) is 18.2 Å². The fraction of sp³-hybridized carbons (Fsp3) is 0.273. The second-order valence-electron chi connectivity index (χ2n) is 7.95. The van der Waals surface area contributed by atoms with Crippen LogP contribution in [0.2, 0.25) is 5.02 Å². The third-order valence-corrected chi connectivity index (χ3v) is 6.21. The Hall–Kier alpha value is -3.59. The predicted octanol–water partition coefficient (Wildman–Crippen LogP) is 3.81. The van der Waals surface area contributed by atoms with E-state index in [0.29, 0.717) is 16.5 Å². The summed E-state index contributed by atoms with van der Waals surface area (Å²) in [7, 11) is 0. The number of anilines is 1. The van der Waals surface area contributed by atoms with Gasteiger partial charge in [0.2, 0.25) is 11.7 Å². The number of amides is 2. The number of aryl methyl sites for hydroxylation is 3. The summed E-state index contributed by atoms with van der Waals surface area (Å²) in [5, 5.41) is 14.0. The Labute approximate surface area is 188 Å². The molecule has 2 aliphatic heterocycles. The molecule has 32 heavy (non-hydrogen) atoms. The van der Waals surface area contributed by atoms with Crippen LogP contribution in [-0.2, 0) is 16.1 Å². The number of nitrogens with zero attached hydrogens (tertiary/aromatic N) is 6. The molecule has 0 saturated carbocycles. The monoisotopic (exact) mass is 450 g/mol. The molecule has 162 valence electrons. The molecule has 2 aromatic carbocycles. The number of halogens is 1. The number of imide groups is 1. The molecule has 0 N–H and O–H groups in total. The molecule has 5 rings (SSSR count). The van der Waals surface area contributed by atoms with Gasteiger partial charge in [-0.25, -0.2) is 4.90 Å². The van der Waals surface area contributed by atoms with Gasteiger partial charge < -0.3 is 4.52 Å². The maximum atomic E-state index is 13.1. The van der Waals surface area contributed by atoms with Gasteiger partial charge in [-0.2, -0.15) is 10.1 Å². The van der Waals surface area contributed by atoms with E-state index in [1.807, 2.05) is 39.0 Å². The predicted molar refractivity (Wildman–Crippen MR) is 116 cm³/mol. The van der Waals surface area contributed by atoms with Crippen molar-refractivity contribution in [2.24, 2.45) is 10.3 Å². The largest absolute Gasteiger partial charge is 0.337 e. The zero-order valence-electron chi connectivity index (χ0n) is 17.6. The van der Waals surface area contributed by atoms with Crippen molar-refractivity contribution in [2.45, 2.75) is 39.4 Å². The zero-order chi connectivity index (χ0) is 22.6. The Morgan fingerprint density at radius 3 is 2.53 bits per heavy atom. The number of benzene rings is 2. The number of fused-ring (bicyclic) bond motifs is 1. The minimum atomic E-state index is -0.912. The lowest BCUT2D eigenvalue weighted by Gasteiger charge is -2.19. The van der Waals surface area contributed by atoms with Gasteiger partial charge in [-0.1, -0.05) is 40.2 Å². The van der Waals surface area contributed by atoms with Gasteiger partial charge in [-0.15, -0.1) is 0 Å². The maximum absolute atomic E-state index is 13.1. The number of hydrogen-bond acceptors (Lipinski definition) is 8. The van der Waals surface area contributed by atoms with Gasteiger partial charge in [0.1, 0.15) is 6.54 Å². The Balaban J connectivity index is 1.37. The van der Waals surface area contributed by atoms with Gasteiger partial charge in [0.05, 0.1) is 5.69 Å². The molecule has 0 bridgehead atoms. The van der Waals surface area contributed by atoms with Gasteiger partial charge in [0.25, 0.3) is 11.8 Å². The molecular weight excluding hydrogens is 432 g/mol. The minimum Gasteiger partial charge on any atom is -0.337 e. The highest BCUT2D eigenvalue weighted by atomic mass is 35.5. The summed E-state index contributed by atoms with van der Waals surface area (Å²) in [6.07, 6.45) is 0. The third kappa shape index (κ3) is 3.25. The van der Waals surface area contributed by atoms with Crippen LogP contribution < -0.4 is 4.90 Å². The van der Waals surface area contributed by atoms with E-state index in [2.05, 4.69) is 20.5 Å². The van der Waals surface area contributed by atoms with E-state index in [-0.39, 0.29) is 12.4 Å². The number of carbonyl (C=O) groups is 2. The quantitative estimate of drug-likeness (QED) is 0.560. The lowest BCUT2D eigenvalue weighted by atomic mass is 10.1. The summed E-state index contributed by atoms with van der Waals surface area (Å²) in [6, 6.07) is 9.18. The molecule has 2 amide bonds. The van der Waals surface area contributed by atoms with Crippen LogP contribution in [0, 0.1) is 20.8 Å². The van der Waals surface area contributed by atoms with Crippen LogP contribution in [0.5, 0.6) is 0 Å². The average molecular weight is 451 g/mol. The van der Waals surface area contributed by atoms with Crippen LogP contribution in [0.15, 0.2) is 51.3 Å². The van der Waals surface area contributed by atoms with Gasteiger partial charge in [-0.05, 0) is 55.7 Å². The molecule has 0 spiro atoms. The first-order valence-corrected chi connectivity index (χ1v) is 10.4. The smallest absolute Gasteiger partial charge is 0.263 e. The lowest BCUT2D eigenvalue weighted by molar-refractivity contribution is -0.123. The van der Waals surface area contributed by atoms with Crippen molar-refractivity contribution >= 4 is 29.1 Å². The van der Waals surface area contributed by atoms with E-state index in [9.17, 15) is 9.59 Å². The van der Waals surface area contributed by atoms with E-state index in [0.717, 1.165) is 21.6 Å². The Morgan fingerprint density at radius 1 is 1.00 bits per heavy atom. The van der Waals surface area contributed by atoms with Gasteiger partial charge in [0.15, 0.2) is 12.1 Å². The first-order valence-electron chi connectivity index (χ1n) is 10.0. The molecule has 1 fully saturated rings. The molecule has 0 aliphatic carbocycles. The van der Waals surface area contributed by atoms with E-state index in [1.165, 1.54) is 10.6 Å². The SMILES string of the molecule is Cc1ccc(-c2noc(CN3N=NC4C(=O)N(c5ccc(C)c(Cl)c5)C(=O)C43)n2)cc1C. The van der Waals surface area contributed by atoms with Crippen molar-refractivity contribution in [3.8, 4) is 11.4 Å². The summed E-state index contributed by atoms with van der Waals surface area (Å²) in [5.74, 6) is -0.137. The highest BCUT2D eigenvalue weighted by molar-refractivity contribution is 6.32. The number of hydrogen-bond donors (Lipinski definition) is 0. The van der Waals surface area contributed by atoms with Crippen LogP contribution in [-0.4, -0.2) is 39.0 Å². The van der Waals surface area contributed by atoms with Crippen LogP contribution in [0.25, 0.3) is 11.4 Å². The lowest BCUT2D eigenvalue weighted by Crippen LogP contribution is -2.39. The van der Waals surface area contributed by atoms with Crippen molar-refractivity contribution in [1.82, 2.24) is 15.1 Å². The van der Waals surface area contributed by atoms with E-state index < -0.39 is 23.9 Å². The number of rotatable bonds is 4. The number of aromatic nitrogens is 2. The molecule has 2 unspecified atom stereocenters. The molecule has 10 heteroatoms. The van der Waals surface area contributed by atoms with Gasteiger partial charge in [0, 0.05) is 10.6 Å². The van der Waals surface area contributed by atoms with Crippen molar-refractivity contribution < 1.29 is 14.1 Å². The number of carbonyl (C=O) groups excluding carboxylic acids is 2. The molecule has 1 aromatic heterocycles. The topological polar surface area (TPSA) is 104 Å². The summed E-state index contributed by atoms with van der Waals surface area (Å²) in [4.78, 5) is 31.5. The normalized spacial score (nSPS) is 19.9. The van der Waals surface area contributed by atoms with Crippen molar-refractivity contribution in [3.05, 3.63) is 64.0 Å². The third-order valence-electron chi connectivity index (χ3n) is 5.80. The molecule has 3 aromatic rings. The first-order chi connectivity index (χ1) is 15.3. The maximum Gasteiger partial charge on any atom is 0.263 e. The van der Waals surface area contributed by atoms with E-state index >= 15 is 0 Å². The van der Waals surface area contributed by atoms with Crippen LogP contribution in [0.3, 0.4) is 0 Å². The molecule has 2 atom stereocenters. The molecule has 0 radical (unpaired) electrons. The van der Waals surface area contributed by atoms with Crippen molar-refractivity contribution in [1.29, 1.82) is 0 Å². The second-order valence-corrected chi connectivity index (χ2v) is 8.36. The van der Waals surface area contributed by atoms with Crippen LogP contribution >= 0.6 is 11.6 Å². The fourth-order valence-corrected chi connectivity index (χ4v) is 3.96. The molecule has 2 aliphatic rings. The average Bonchev–Trinajstić information content (AvgIpc) is 3.45. The fourth-order valence-electron chi connectivity index (χ4n) is 3.78. The zero-order valence-corrected chi connectivity index (χ0v) is 18.4. The van der Waals surface area contributed by atoms with Gasteiger partial charge >= 0.3 is 0 Å². The summed E-state index contributed by atoms with van der Waals surface area (Å²) in [6.45, 7) is 5.95. The van der Waals surface area contributed by atoms with Gasteiger partial charge in [-0.3, -0.25) is 14.6 Å². The molecule has 9 nitrogen and oxygen atoms in total. The molecular formula is C22H19ClN6O3. The molecule has 3 heterocycles. The summed E-state index contributed by atoms with van der Waals surface area (Å²) in [5.41, 5.74) is 4.39. The summed E-state index contributed by atoms with van der Waals surface area (Å²) < 4.78 is 5.37. The highest BCUT2D eigenvalue weighted by Crippen LogP contribution is 2.34. The molecule has 1 saturated heterocycles. The standard InChI is InChI=1S/C22H19ClN6O3/c1-11-4-6-14(8-13(11)3)20-24-17(32-26-20)10-28-19-18(25-27-28)21(30)29(22(19)31)15-7-5-12(2)16(23)9-15/h4-9,18-19H,10H2,1-3H3. The summed E-state index contributed by atoms with van der Waals surface area (Å²) >= 11 is 6.19. The highest BCUT2D eigenvalue weighted by Gasteiger charge is 2.55. The van der Waals surface area contributed by atoms with Crippen LogP contribution in [0.4, 0.5) is 5.69 Å². The van der Waals surface area contributed by atoms with Crippen molar-refractivity contribution in [2.75, 3.05) is 4.90 Å². The Kier molecular flexibility index (Phi) is 4.78. The van der Waals surface area contributed by atoms with E-state index in [4.69, 9.17) is 16.1 Å². The first kappa shape index (κ1) is 20.3.